The summed E-state index contributed by atoms with van der Waals surface area (Å²) in [7, 11) is 3.12. The number of rotatable bonds is 6. The maximum atomic E-state index is 12.0. The number of hydrogen-bond acceptors (Lipinski definition) is 5. The summed E-state index contributed by atoms with van der Waals surface area (Å²) in [6, 6.07) is 10.6. The van der Waals surface area contributed by atoms with E-state index in [1.54, 1.807) is 51.5 Å². The highest BCUT2D eigenvalue weighted by molar-refractivity contribution is 5.93. The molecule has 0 aromatic heterocycles. The quantitative estimate of drug-likeness (QED) is 0.321. The van der Waals surface area contributed by atoms with Gasteiger partial charge in [0.25, 0.3) is 0 Å². The predicted molar refractivity (Wildman–Crippen MR) is 119 cm³/mol. The lowest BCUT2D eigenvalue weighted by molar-refractivity contribution is 0.111. The summed E-state index contributed by atoms with van der Waals surface area (Å²) in [5, 5.41) is 21.0. The number of carbonyl (C=O) groups excluding carboxylic acids is 1. The minimum absolute atomic E-state index is 0.0184. The van der Waals surface area contributed by atoms with E-state index in [9.17, 15) is 15.0 Å². The van der Waals surface area contributed by atoms with Crippen molar-refractivity contribution < 1.29 is 24.5 Å². The van der Waals surface area contributed by atoms with Crippen molar-refractivity contribution in [2.24, 2.45) is 0 Å². The second-order valence-corrected chi connectivity index (χ2v) is 7.14. The van der Waals surface area contributed by atoms with Gasteiger partial charge in [0.1, 0.15) is 11.5 Å². The molecule has 0 unspecified atom stereocenters. The average Bonchev–Trinajstić information content (AvgIpc) is 2.79. The molecule has 0 bridgehead atoms. The molecule has 0 saturated carbocycles. The lowest BCUT2D eigenvalue weighted by Crippen LogP contribution is -2.05. The van der Waals surface area contributed by atoms with Gasteiger partial charge in [0, 0.05) is 23.6 Å². The summed E-state index contributed by atoms with van der Waals surface area (Å²) in [6.45, 7) is 11.1. The van der Waals surface area contributed by atoms with Gasteiger partial charge in [-0.05, 0) is 42.2 Å². The first-order chi connectivity index (χ1) is 14.9. The van der Waals surface area contributed by atoms with Crippen LogP contribution in [0.1, 0.15) is 32.6 Å². The van der Waals surface area contributed by atoms with Gasteiger partial charge < -0.3 is 19.7 Å². The van der Waals surface area contributed by atoms with Crippen molar-refractivity contribution in [3.05, 3.63) is 75.6 Å². The zero-order chi connectivity index (χ0) is 22.7. The highest BCUT2D eigenvalue weighted by Crippen LogP contribution is 2.46. The van der Waals surface area contributed by atoms with Crippen molar-refractivity contribution >= 4 is 12.0 Å². The van der Waals surface area contributed by atoms with E-state index in [0.29, 0.717) is 45.7 Å². The van der Waals surface area contributed by atoms with Crippen molar-refractivity contribution in [1.29, 1.82) is 0 Å². The molecule has 3 aromatic rings. The monoisotopic (exact) mass is 417 g/mol. The lowest BCUT2D eigenvalue weighted by Gasteiger charge is -2.21. The van der Waals surface area contributed by atoms with Crippen molar-refractivity contribution in [1.82, 2.24) is 0 Å². The minimum atomic E-state index is -0.475. The molecule has 0 aliphatic carbocycles. The molecule has 2 N–H and O–H groups in total. The van der Waals surface area contributed by atoms with Crippen LogP contribution in [0.5, 0.6) is 23.0 Å². The first-order valence-corrected chi connectivity index (χ1v) is 9.58. The van der Waals surface area contributed by atoms with E-state index in [-0.39, 0.29) is 17.7 Å². The van der Waals surface area contributed by atoms with Crippen LogP contribution in [0, 0.1) is 20.4 Å². The van der Waals surface area contributed by atoms with Crippen LogP contribution in [0.4, 0.5) is 5.69 Å². The number of phenolic OH excluding ortho intramolecular Hbond substituents is 2. The van der Waals surface area contributed by atoms with Crippen molar-refractivity contribution in [3.8, 4) is 34.1 Å². The number of aryl methyl sites for hydroxylation is 1. The van der Waals surface area contributed by atoms with Crippen LogP contribution in [-0.4, -0.2) is 30.7 Å². The summed E-state index contributed by atoms with van der Waals surface area (Å²) in [4.78, 5) is 15.6. The van der Waals surface area contributed by atoms with Gasteiger partial charge >= 0.3 is 0 Å². The second-order valence-electron chi connectivity index (χ2n) is 7.14. The van der Waals surface area contributed by atoms with Crippen LogP contribution in [0.25, 0.3) is 16.0 Å². The zero-order valence-electron chi connectivity index (χ0n) is 17.8. The van der Waals surface area contributed by atoms with Crippen LogP contribution in [0.2, 0.25) is 0 Å². The topological polar surface area (TPSA) is 80.4 Å². The molecule has 0 aliphatic heterocycles. The number of carbonyl (C=O) groups is 1. The molecule has 0 atom stereocenters. The fraction of sp³-hybridized carbons (Fsp3) is 0.200. The molecule has 6 nitrogen and oxygen atoms in total. The number of nitrogens with zero attached hydrogens (tertiary/aromatic N) is 1. The fourth-order valence-electron chi connectivity index (χ4n) is 3.84. The van der Waals surface area contributed by atoms with E-state index in [1.165, 1.54) is 0 Å². The number of para-hydroxylation sites is 1. The number of benzene rings is 3. The molecule has 0 aliphatic rings. The van der Waals surface area contributed by atoms with Gasteiger partial charge in [0.2, 0.25) is 0 Å². The Balaban J connectivity index is 2.38. The Kier molecular flexibility index (Phi) is 6.17. The second kappa shape index (κ2) is 8.80. The summed E-state index contributed by atoms with van der Waals surface area (Å²) >= 11 is 0. The Morgan fingerprint density at radius 2 is 1.74 bits per heavy atom. The van der Waals surface area contributed by atoms with Crippen molar-refractivity contribution in [2.45, 2.75) is 20.3 Å². The molecule has 0 fully saturated rings. The smallest absolute Gasteiger partial charge is 0.194 e. The molecule has 158 valence electrons. The molecule has 0 radical (unpaired) electrons. The molecular weight excluding hydrogens is 394 g/mol. The largest absolute Gasteiger partial charge is 0.504 e. The van der Waals surface area contributed by atoms with Crippen LogP contribution < -0.4 is 9.47 Å². The first-order valence-electron chi connectivity index (χ1n) is 9.58. The molecule has 0 amide bonds. The Bertz CT molecular complexity index is 1210. The summed E-state index contributed by atoms with van der Waals surface area (Å²) in [5.41, 5.74) is 4.06. The van der Waals surface area contributed by atoms with Gasteiger partial charge in [0.05, 0.1) is 26.4 Å². The Hall–Kier alpha value is -3.98. The molecule has 3 aromatic carbocycles. The number of phenols is 2. The summed E-state index contributed by atoms with van der Waals surface area (Å²) in [6.07, 6.45) is 0.766. The van der Waals surface area contributed by atoms with Gasteiger partial charge in [-0.15, -0.1) is 0 Å². The highest BCUT2D eigenvalue weighted by Gasteiger charge is 2.25. The van der Waals surface area contributed by atoms with Gasteiger partial charge in [-0.1, -0.05) is 24.3 Å². The average molecular weight is 417 g/mol. The maximum Gasteiger partial charge on any atom is 0.194 e. The third-order valence-corrected chi connectivity index (χ3v) is 5.46. The van der Waals surface area contributed by atoms with Crippen LogP contribution in [0.15, 0.2) is 36.4 Å². The van der Waals surface area contributed by atoms with Crippen LogP contribution in [0.3, 0.4) is 0 Å². The van der Waals surface area contributed by atoms with Crippen molar-refractivity contribution in [3.63, 3.8) is 0 Å². The van der Waals surface area contributed by atoms with E-state index in [4.69, 9.17) is 16.0 Å². The molecule has 31 heavy (non-hydrogen) atoms. The molecule has 6 heteroatoms. The standard InChI is InChI=1S/C25H23NO5/c1-14-10-16(30-4)11-22(31-5)18(14)12-19-20(13-27)25(29)24(28)15(2)23(19)17-8-6-7-9-21(17)26-3/h6-11,13,28-29H,12H2,1-2,4-5H3. The van der Waals surface area contributed by atoms with E-state index in [0.717, 1.165) is 11.1 Å². The minimum Gasteiger partial charge on any atom is -0.504 e. The number of ether oxygens (including phenoxy) is 2. The normalized spacial score (nSPS) is 10.4. The van der Waals surface area contributed by atoms with E-state index in [2.05, 4.69) is 4.85 Å². The highest BCUT2D eigenvalue weighted by atomic mass is 16.5. The van der Waals surface area contributed by atoms with Crippen LogP contribution in [-0.2, 0) is 6.42 Å². The van der Waals surface area contributed by atoms with Crippen molar-refractivity contribution in [2.75, 3.05) is 14.2 Å². The Labute approximate surface area is 181 Å². The molecule has 0 heterocycles. The number of aldehydes is 1. The van der Waals surface area contributed by atoms with E-state index >= 15 is 0 Å². The molecule has 0 saturated heterocycles. The van der Waals surface area contributed by atoms with E-state index in [1.807, 2.05) is 13.0 Å². The lowest BCUT2D eigenvalue weighted by atomic mass is 9.85. The zero-order valence-corrected chi connectivity index (χ0v) is 17.8. The molecular formula is C25H23NO5. The summed E-state index contributed by atoms with van der Waals surface area (Å²) in [5.74, 6) is 0.357. The van der Waals surface area contributed by atoms with Gasteiger partial charge in [-0.2, -0.15) is 0 Å². The Morgan fingerprint density at radius 1 is 1.03 bits per heavy atom. The Morgan fingerprint density at radius 3 is 2.35 bits per heavy atom. The SMILES string of the molecule is [C-]#[N+]c1ccccc1-c1c(C)c(O)c(O)c(C=O)c1Cc1c(C)cc(OC)cc1OC. The first kappa shape index (κ1) is 21.7. The molecule has 3 rings (SSSR count). The number of methoxy groups -OCH3 is 2. The number of aromatic hydroxyl groups is 2. The van der Waals surface area contributed by atoms with Gasteiger partial charge in [-0.25, -0.2) is 4.85 Å². The van der Waals surface area contributed by atoms with Gasteiger partial charge in [0.15, 0.2) is 23.5 Å². The third kappa shape index (κ3) is 3.78. The van der Waals surface area contributed by atoms with E-state index < -0.39 is 5.75 Å². The number of hydrogen-bond donors (Lipinski definition) is 2. The molecule has 0 spiro atoms. The summed E-state index contributed by atoms with van der Waals surface area (Å²) < 4.78 is 10.9. The maximum absolute atomic E-state index is 12.0. The third-order valence-electron chi connectivity index (χ3n) is 5.46. The predicted octanol–water partition coefficient (Wildman–Crippen LogP) is 5.35. The fourth-order valence-corrected chi connectivity index (χ4v) is 3.84. The van der Waals surface area contributed by atoms with Crippen LogP contribution >= 0.6 is 0 Å². The van der Waals surface area contributed by atoms with Gasteiger partial charge in [-0.3, -0.25) is 4.79 Å².